The fraction of sp³-hybridized carbons (Fsp3) is 1.00. The Balaban J connectivity index is 2.10. The lowest BCUT2D eigenvalue weighted by Crippen LogP contribution is -2.59. The molecular formula is C13H27NO2. The molecule has 0 spiro atoms. The number of unbranched alkanes of at least 4 members (excludes halogenated alkanes) is 2. The van der Waals surface area contributed by atoms with Crippen LogP contribution in [0.1, 0.15) is 46.0 Å². The summed E-state index contributed by atoms with van der Waals surface area (Å²) >= 11 is 0. The van der Waals surface area contributed by atoms with E-state index in [-0.39, 0.29) is 6.10 Å². The second-order valence-corrected chi connectivity index (χ2v) is 4.61. The molecule has 1 aliphatic rings. The largest absolute Gasteiger partial charge is 0.377 e. The zero-order valence-electron chi connectivity index (χ0n) is 11.0. The highest BCUT2D eigenvalue weighted by atomic mass is 16.5. The number of nitrogens with one attached hydrogen (secondary N) is 1. The first-order valence-corrected chi connectivity index (χ1v) is 6.71. The molecule has 0 bridgehead atoms. The molecule has 1 N–H and O–H groups in total. The third-order valence-electron chi connectivity index (χ3n) is 3.26. The molecular weight excluding hydrogens is 202 g/mol. The Bertz CT molecular complexity index is 173. The van der Waals surface area contributed by atoms with E-state index in [9.17, 15) is 0 Å². The van der Waals surface area contributed by atoms with Crippen LogP contribution >= 0.6 is 0 Å². The van der Waals surface area contributed by atoms with E-state index in [1.807, 2.05) is 0 Å². The van der Waals surface area contributed by atoms with Gasteiger partial charge >= 0.3 is 0 Å². The maximum atomic E-state index is 5.83. The van der Waals surface area contributed by atoms with Crippen LogP contribution < -0.4 is 5.32 Å². The van der Waals surface area contributed by atoms with Gasteiger partial charge in [-0.05, 0) is 25.8 Å². The van der Waals surface area contributed by atoms with E-state index in [1.165, 1.54) is 25.7 Å². The summed E-state index contributed by atoms with van der Waals surface area (Å²) in [7, 11) is 1.78. The van der Waals surface area contributed by atoms with Crippen molar-refractivity contribution in [3.63, 3.8) is 0 Å². The molecule has 0 aromatic heterocycles. The van der Waals surface area contributed by atoms with E-state index in [0.717, 1.165) is 19.6 Å². The summed E-state index contributed by atoms with van der Waals surface area (Å²) in [6.45, 7) is 6.37. The molecule has 3 nitrogen and oxygen atoms in total. The molecule has 0 aromatic carbocycles. The predicted molar refractivity (Wildman–Crippen MR) is 66.8 cm³/mol. The number of hydrogen-bond donors (Lipinski definition) is 1. The van der Waals surface area contributed by atoms with Crippen LogP contribution in [0.3, 0.4) is 0 Å². The maximum Gasteiger partial charge on any atom is 0.0986 e. The van der Waals surface area contributed by atoms with Gasteiger partial charge < -0.3 is 14.8 Å². The second-order valence-electron chi connectivity index (χ2n) is 4.61. The van der Waals surface area contributed by atoms with Gasteiger partial charge in [0.1, 0.15) is 0 Å². The van der Waals surface area contributed by atoms with Crippen LogP contribution in [-0.4, -0.2) is 38.5 Å². The zero-order valence-corrected chi connectivity index (χ0v) is 11.0. The van der Waals surface area contributed by atoms with Gasteiger partial charge in [-0.15, -0.1) is 0 Å². The summed E-state index contributed by atoms with van der Waals surface area (Å²) in [5.41, 5.74) is 0. The van der Waals surface area contributed by atoms with E-state index in [2.05, 4.69) is 19.2 Å². The van der Waals surface area contributed by atoms with Crippen LogP contribution in [0.4, 0.5) is 0 Å². The molecule has 0 heterocycles. The van der Waals surface area contributed by atoms with Gasteiger partial charge in [-0.2, -0.15) is 0 Å². The molecule has 0 amide bonds. The van der Waals surface area contributed by atoms with Crippen LogP contribution in [0.5, 0.6) is 0 Å². The Morgan fingerprint density at radius 3 is 2.62 bits per heavy atom. The minimum absolute atomic E-state index is 0.258. The van der Waals surface area contributed by atoms with Crippen molar-refractivity contribution in [2.75, 3.05) is 20.3 Å². The standard InChI is InChI=1S/C13H27NO2/c1-4-6-7-9-16-12-10-11(13(12)15-3)14-8-5-2/h11-14H,4-10H2,1-3H3. The minimum atomic E-state index is 0.258. The molecule has 0 aliphatic heterocycles. The van der Waals surface area contributed by atoms with Gasteiger partial charge in [-0.1, -0.05) is 26.7 Å². The van der Waals surface area contributed by atoms with Crippen molar-refractivity contribution in [2.45, 2.75) is 64.2 Å². The van der Waals surface area contributed by atoms with Crippen molar-refractivity contribution in [1.29, 1.82) is 0 Å². The Morgan fingerprint density at radius 1 is 1.19 bits per heavy atom. The smallest absolute Gasteiger partial charge is 0.0986 e. The Hall–Kier alpha value is -0.120. The number of ether oxygens (including phenoxy) is 2. The first kappa shape index (κ1) is 13.9. The van der Waals surface area contributed by atoms with Gasteiger partial charge in [0.15, 0.2) is 0 Å². The van der Waals surface area contributed by atoms with E-state index in [0.29, 0.717) is 12.1 Å². The zero-order chi connectivity index (χ0) is 11.8. The first-order chi connectivity index (χ1) is 7.83. The maximum absolute atomic E-state index is 5.83. The lowest BCUT2D eigenvalue weighted by Gasteiger charge is -2.43. The highest BCUT2D eigenvalue weighted by Gasteiger charge is 2.41. The van der Waals surface area contributed by atoms with Gasteiger partial charge in [0, 0.05) is 19.8 Å². The number of hydrogen-bond acceptors (Lipinski definition) is 3. The van der Waals surface area contributed by atoms with Crippen molar-refractivity contribution in [1.82, 2.24) is 5.32 Å². The average Bonchev–Trinajstić information content (AvgIpc) is 2.27. The molecule has 1 fully saturated rings. The lowest BCUT2D eigenvalue weighted by molar-refractivity contribution is -0.134. The monoisotopic (exact) mass is 229 g/mol. The lowest BCUT2D eigenvalue weighted by atomic mass is 9.85. The normalized spacial score (nSPS) is 29.1. The molecule has 0 radical (unpaired) electrons. The summed E-state index contributed by atoms with van der Waals surface area (Å²) in [6.07, 6.45) is 6.55. The third-order valence-corrected chi connectivity index (χ3v) is 3.26. The molecule has 3 unspecified atom stereocenters. The fourth-order valence-electron chi connectivity index (χ4n) is 2.18. The molecule has 0 saturated heterocycles. The Morgan fingerprint density at radius 2 is 2.00 bits per heavy atom. The summed E-state index contributed by atoms with van der Waals surface area (Å²) < 4.78 is 11.3. The number of methoxy groups -OCH3 is 1. The third kappa shape index (κ3) is 4.04. The van der Waals surface area contributed by atoms with E-state index in [1.54, 1.807) is 7.11 Å². The molecule has 3 heteroatoms. The Labute approximate surface area is 99.9 Å². The minimum Gasteiger partial charge on any atom is -0.377 e. The fourth-order valence-corrected chi connectivity index (χ4v) is 2.18. The molecule has 1 saturated carbocycles. The summed E-state index contributed by atoms with van der Waals surface area (Å²) in [5, 5.41) is 3.50. The predicted octanol–water partition coefficient (Wildman–Crippen LogP) is 2.35. The molecule has 96 valence electrons. The highest BCUT2D eigenvalue weighted by Crippen LogP contribution is 2.27. The van der Waals surface area contributed by atoms with Crippen molar-refractivity contribution in [2.24, 2.45) is 0 Å². The molecule has 3 atom stereocenters. The Kier molecular flexibility index (Phi) is 7.01. The topological polar surface area (TPSA) is 30.5 Å². The SMILES string of the molecule is CCCCCOC1CC(NCCC)C1OC. The van der Waals surface area contributed by atoms with E-state index < -0.39 is 0 Å². The van der Waals surface area contributed by atoms with E-state index in [4.69, 9.17) is 9.47 Å². The highest BCUT2D eigenvalue weighted by molar-refractivity contribution is 4.96. The second kappa shape index (κ2) is 8.04. The van der Waals surface area contributed by atoms with Gasteiger partial charge in [0.05, 0.1) is 12.2 Å². The van der Waals surface area contributed by atoms with Gasteiger partial charge in [-0.3, -0.25) is 0 Å². The van der Waals surface area contributed by atoms with Crippen molar-refractivity contribution < 1.29 is 9.47 Å². The quantitative estimate of drug-likeness (QED) is 0.616. The van der Waals surface area contributed by atoms with Crippen LogP contribution in [0.15, 0.2) is 0 Å². The van der Waals surface area contributed by atoms with Crippen LogP contribution in [-0.2, 0) is 9.47 Å². The van der Waals surface area contributed by atoms with Crippen molar-refractivity contribution >= 4 is 0 Å². The van der Waals surface area contributed by atoms with Crippen molar-refractivity contribution in [3.8, 4) is 0 Å². The number of rotatable bonds is 9. The van der Waals surface area contributed by atoms with E-state index >= 15 is 0 Å². The summed E-state index contributed by atoms with van der Waals surface area (Å²) in [5.74, 6) is 0. The van der Waals surface area contributed by atoms with Gasteiger partial charge in [-0.25, -0.2) is 0 Å². The molecule has 16 heavy (non-hydrogen) atoms. The van der Waals surface area contributed by atoms with Crippen LogP contribution in [0.2, 0.25) is 0 Å². The van der Waals surface area contributed by atoms with Crippen LogP contribution in [0, 0.1) is 0 Å². The van der Waals surface area contributed by atoms with Gasteiger partial charge in [0.25, 0.3) is 0 Å². The van der Waals surface area contributed by atoms with Crippen molar-refractivity contribution in [3.05, 3.63) is 0 Å². The summed E-state index contributed by atoms with van der Waals surface area (Å²) in [6, 6.07) is 0.501. The average molecular weight is 229 g/mol. The summed E-state index contributed by atoms with van der Waals surface area (Å²) in [4.78, 5) is 0. The molecule has 0 aromatic rings. The molecule has 1 rings (SSSR count). The first-order valence-electron chi connectivity index (χ1n) is 6.71. The van der Waals surface area contributed by atoms with Crippen LogP contribution in [0.25, 0.3) is 0 Å². The molecule has 1 aliphatic carbocycles. The van der Waals surface area contributed by atoms with Gasteiger partial charge in [0.2, 0.25) is 0 Å².